The number of nitrogens with zero attached hydrogens (tertiary/aromatic N) is 5. The largest absolute Gasteiger partial charge is 0.390 e. The number of pyridine rings is 1. The zero-order valence-corrected chi connectivity index (χ0v) is 25.1. The number of thiol groups is 1. The Hall–Kier alpha value is -2.61. The maximum Gasteiger partial charge on any atom is 0.262 e. The van der Waals surface area contributed by atoms with Gasteiger partial charge in [-0.15, -0.1) is 0 Å². The van der Waals surface area contributed by atoms with Gasteiger partial charge in [0.1, 0.15) is 11.5 Å². The number of aromatic nitrogens is 3. The molecule has 2 aromatic heterocycles. The van der Waals surface area contributed by atoms with Crippen LogP contribution in [0.3, 0.4) is 0 Å². The zero-order valence-electron chi connectivity index (χ0n) is 22.6. The quantitative estimate of drug-likeness (QED) is 0.298. The standard InChI is InChI=1S/C28H32ClN7O3S2/c1-39-12-11-36-16-32-18-4-5-21(24(29)23(18)27(36)38)41-22-14-31-26(20(15-37)33-22)35-9-6-28(7-10-35)13-19-17(25(28)34-40)3-2-8-30-19/h2-5,8,16,25,31,34,37,40H,6-7,9-15H2,1H3/t25-/m1/s1. The van der Waals surface area contributed by atoms with E-state index in [4.69, 9.17) is 21.3 Å². The van der Waals surface area contributed by atoms with Gasteiger partial charge in [-0.05, 0) is 48.4 Å². The number of rotatable bonds is 7. The number of fused-ring (bicyclic) bond motifs is 2. The summed E-state index contributed by atoms with van der Waals surface area (Å²) in [7, 11) is 1.59. The molecule has 3 N–H and O–H groups in total. The minimum Gasteiger partial charge on any atom is -0.390 e. The van der Waals surface area contributed by atoms with E-state index in [-0.39, 0.29) is 23.6 Å². The molecule has 1 atom stereocenters. The van der Waals surface area contributed by atoms with Crippen LogP contribution in [-0.2, 0) is 17.7 Å². The fourth-order valence-electron chi connectivity index (χ4n) is 6.18. The van der Waals surface area contributed by atoms with Gasteiger partial charge in [0.25, 0.3) is 5.56 Å². The summed E-state index contributed by atoms with van der Waals surface area (Å²) < 4.78 is 9.86. The lowest BCUT2D eigenvalue weighted by Gasteiger charge is -2.45. The lowest BCUT2D eigenvalue weighted by Crippen LogP contribution is -2.47. The Kier molecular flexibility index (Phi) is 8.30. The molecular formula is C28H32ClN7O3S2. The number of ether oxygens (including phenoxy) is 1. The number of nitrogens with one attached hydrogen (secondary N) is 2. The smallest absolute Gasteiger partial charge is 0.262 e. The third-order valence-electron chi connectivity index (χ3n) is 8.32. The molecule has 0 radical (unpaired) electrons. The van der Waals surface area contributed by atoms with Crippen molar-refractivity contribution >= 4 is 52.1 Å². The van der Waals surface area contributed by atoms with Crippen LogP contribution in [0.4, 0.5) is 0 Å². The van der Waals surface area contributed by atoms with E-state index < -0.39 is 0 Å². The van der Waals surface area contributed by atoms with Gasteiger partial charge < -0.3 is 20.1 Å². The lowest BCUT2D eigenvalue weighted by atomic mass is 9.73. The summed E-state index contributed by atoms with van der Waals surface area (Å²) in [6.07, 6.45) is 6.26. The number of likely N-dealkylation sites (tertiary alicyclic amines) is 1. The predicted octanol–water partition coefficient (Wildman–Crippen LogP) is 3.16. The van der Waals surface area contributed by atoms with Crippen LogP contribution in [0.15, 0.2) is 63.0 Å². The number of benzene rings is 1. The Balaban J connectivity index is 1.20. The van der Waals surface area contributed by atoms with Crippen molar-refractivity contribution in [1.29, 1.82) is 0 Å². The molecule has 4 heterocycles. The molecule has 3 aromatic rings. The maximum absolute atomic E-state index is 13.1. The number of halogens is 1. The summed E-state index contributed by atoms with van der Waals surface area (Å²) in [5.74, 6) is 0.866. The van der Waals surface area contributed by atoms with Gasteiger partial charge in [0.2, 0.25) is 0 Å². The lowest BCUT2D eigenvalue weighted by molar-refractivity contribution is 0.0987. The summed E-state index contributed by atoms with van der Waals surface area (Å²) in [6.45, 7) is 2.76. The Bertz CT molecular complexity index is 1590. The van der Waals surface area contributed by atoms with Gasteiger partial charge in [-0.3, -0.25) is 19.1 Å². The Morgan fingerprint density at radius 3 is 2.88 bits per heavy atom. The summed E-state index contributed by atoms with van der Waals surface area (Å²) in [4.78, 5) is 29.9. The number of piperidine rings is 1. The fourth-order valence-corrected chi connectivity index (χ4v) is 7.83. The third-order valence-corrected chi connectivity index (χ3v) is 10.1. The van der Waals surface area contributed by atoms with Gasteiger partial charge in [-0.25, -0.2) is 9.98 Å². The second-order valence-corrected chi connectivity index (χ2v) is 12.3. The average molecular weight is 614 g/mol. The highest BCUT2D eigenvalue weighted by Gasteiger charge is 2.48. The normalized spacial score (nSPS) is 20.0. The van der Waals surface area contributed by atoms with Crippen molar-refractivity contribution < 1.29 is 9.84 Å². The second kappa shape index (κ2) is 11.9. The summed E-state index contributed by atoms with van der Waals surface area (Å²) >= 11 is 12.6. The molecule has 0 bridgehead atoms. The number of aliphatic hydroxyl groups is 1. The third kappa shape index (κ3) is 5.26. The Labute approximate surface area is 252 Å². The molecule has 13 heteroatoms. The van der Waals surface area contributed by atoms with Gasteiger partial charge >= 0.3 is 0 Å². The fraction of sp³-hybridized carbons (Fsp3) is 0.429. The predicted molar refractivity (Wildman–Crippen MR) is 164 cm³/mol. The number of hydrogen-bond donors (Lipinski definition) is 4. The van der Waals surface area contributed by atoms with E-state index in [1.165, 1.54) is 28.2 Å². The second-order valence-electron chi connectivity index (χ2n) is 10.5. The molecule has 216 valence electrons. The molecule has 41 heavy (non-hydrogen) atoms. The molecule has 0 amide bonds. The highest BCUT2D eigenvalue weighted by Crippen LogP contribution is 2.52. The molecule has 10 nitrogen and oxygen atoms in total. The van der Waals surface area contributed by atoms with Crippen LogP contribution in [-0.4, -0.2) is 69.5 Å². The number of thioether (sulfide) groups is 1. The van der Waals surface area contributed by atoms with Crippen LogP contribution in [0, 0.1) is 5.41 Å². The van der Waals surface area contributed by atoms with Crippen LogP contribution in [0.5, 0.6) is 0 Å². The van der Waals surface area contributed by atoms with Crippen molar-refractivity contribution in [2.24, 2.45) is 10.4 Å². The molecular weight excluding hydrogens is 582 g/mol. The van der Waals surface area contributed by atoms with Crippen molar-refractivity contribution in [3.63, 3.8) is 0 Å². The molecule has 1 aromatic carbocycles. The number of aliphatic imine (C=N–C) groups is 1. The van der Waals surface area contributed by atoms with E-state index in [9.17, 15) is 9.90 Å². The molecule has 1 saturated heterocycles. The van der Waals surface area contributed by atoms with E-state index >= 15 is 0 Å². The van der Waals surface area contributed by atoms with E-state index in [2.05, 4.69) is 43.8 Å². The first-order chi connectivity index (χ1) is 20.0. The van der Waals surface area contributed by atoms with Crippen LogP contribution in [0.25, 0.3) is 10.9 Å². The van der Waals surface area contributed by atoms with Crippen molar-refractivity contribution in [3.8, 4) is 0 Å². The van der Waals surface area contributed by atoms with Gasteiger partial charge in [0.05, 0.1) is 53.6 Å². The van der Waals surface area contributed by atoms with Crippen molar-refractivity contribution in [1.82, 2.24) is 29.5 Å². The van der Waals surface area contributed by atoms with E-state index in [1.54, 1.807) is 13.2 Å². The summed E-state index contributed by atoms with van der Waals surface area (Å²) in [5.41, 5.74) is 3.39. The van der Waals surface area contributed by atoms with Crippen LogP contribution < -0.4 is 15.6 Å². The molecule has 6 rings (SSSR count). The molecule has 1 aliphatic carbocycles. The van der Waals surface area contributed by atoms with Crippen molar-refractivity contribution in [2.75, 3.05) is 40.0 Å². The first-order valence-corrected chi connectivity index (χ1v) is 15.2. The van der Waals surface area contributed by atoms with Gasteiger partial charge in [-0.2, -0.15) is 0 Å². The first-order valence-electron chi connectivity index (χ1n) is 13.6. The number of methoxy groups -OCH3 is 1. The summed E-state index contributed by atoms with van der Waals surface area (Å²) in [6, 6.07) is 7.95. The van der Waals surface area contributed by atoms with E-state index in [0.717, 1.165) is 48.9 Å². The molecule has 0 unspecified atom stereocenters. The number of hydrogen-bond acceptors (Lipinski definition) is 11. The monoisotopic (exact) mass is 613 g/mol. The molecule has 1 spiro atoms. The minimum atomic E-state index is -0.208. The SMILES string of the molecule is COCCn1cnc2ccc(SC3=NC(CO)=C(N4CCC5(CC4)Cc4ncccc4[C@H]5NS)NC3)c(Cl)c2c1=O. The molecule has 3 aliphatic rings. The van der Waals surface area contributed by atoms with Gasteiger partial charge in [0, 0.05) is 43.0 Å². The topological polar surface area (TPSA) is 117 Å². The van der Waals surface area contributed by atoms with Gasteiger partial charge in [0.15, 0.2) is 0 Å². The molecule has 0 saturated carbocycles. The maximum atomic E-state index is 13.1. The first kappa shape index (κ1) is 28.5. The highest BCUT2D eigenvalue weighted by atomic mass is 35.5. The Morgan fingerprint density at radius 2 is 2.12 bits per heavy atom. The van der Waals surface area contributed by atoms with Gasteiger partial charge in [-0.1, -0.05) is 42.2 Å². The molecule has 2 aliphatic heterocycles. The van der Waals surface area contributed by atoms with Crippen molar-refractivity contribution in [3.05, 3.63) is 74.9 Å². The molecule has 1 fully saturated rings. The van der Waals surface area contributed by atoms with E-state index in [1.807, 2.05) is 18.3 Å². The highest BCUT2D eigenvalue weighted by molar-refractivity contribution is 8.14. The van der Waals surface area contributed by atoms with Crippen LogP contribution >= 0.6 is 36.2 Å². The van der Waals surface area contributed by atoms with Crippen molar-refractivity contribution in [2.45, 2.75) is 36.7 Å². The van der Waals surface area contributed by atoms with Crippen LogP contribution in [0.1, 0.15) is 30.1 Å². The number of aliphatic hydroxyl groups excluding tert-OH is 1. The zero-order chi connectivity index (χ0) is 28.6. The average Bonchev–Trinajstić information content (AvgIpc) is 3.30. The Morgan fingerprint density at radius 1 is 1.29 bits per heavy atom. The van der Waals surface area contributed by atoms with E-state index in [0.29, 0.717) is 46.2 Å². The summed E-state index contributed by atoms with van der Waals surface area (Å²) in [5, 5.41) is 15.2. The van der Waals surface area contributed by atoms with Crippen LogP contribution in [0.2, 0.25) is 5.02 Å². The minimum absolute atomic E-state index is 0.0671.